The van der Waals surface area contributed by atoms with Crippen LogP contribution in [0.4, 0.5) is 0 Å². The average Bonchev–Trinajstić information content (AvgIpc) is 3.12. The quantitative estimate of drug-likeness (QED) is 0.248. The Morgan fingerprint density at radius 2 is 1.61 bits per heavy atom. The lowest BCUT2D eigenvalue weighted by Gasteiger charge is -2.09. The topological polar surface area (TPSA) is 26.3 Å². The number of fused-ring (bicyclic) bond motifs is 7. The highest BCUT2D eigenvalue weighted by molar-refractivity contribution is 7.26. The van der Waals surface area contributed by atoms with E-state index in [9.17, 15) is 4.79 Å². The molecule has 0 radical (unpaired) electrons. The second-order valence-electron chi connectivity index (χ2n) is 7.08. The lowest BCUT2D eigenvalue weighted by Crippen LogP contribution is -2.04. The van der Waals surface area contributed by atoms with Crippen LogP contribution in [0.3, 0.4) is 0 Å². The molecule has 4 aromatic carbocycles. The molecule has 28 heavy (non-hydrogen) atoms. The van der Waals surface area contributed by atoms with Gasteiger partial charge in [0.05, 0.1) is 0 Å². The van der Waals surface area contributed by atoms with Gasteiger partial charge < -0.3 is 4.74 Å². The van der Waals surface area contributed by atoms with Crippen LogP contribution in [-0.4, -0.2) is 5.97 Å². The molecular weight excluding hydrogens is 364 g/mol. The van der Waals surface area contributed by atoms with Crippen molar-refractivity contribution < 1.29 is 9.53 Å². The van der Waals surface area contributed by atoms with Crippen LogP contribution in [0, 0.1) is 0 Å². The van der Waals surface area contributed by atoms with Gasteiger partial charge >= 0.3 is 5.97 Å². The summed E-state index contributed by atoms with van der Waals surface area (Å²) in [5.74, 6) is -0.354. The van der Waals surface area contributed by atoms with Gasteiger partial charge in [-0.2, -0.15) is 0 Å². The number of thiophene rings is 1. The number of carbonyl (C=O) groups is 1. The number of hydrogen-bond acceptors (Lipinski definition) is 3. The maximum absolute atomic E-state index is 11.9. The Labute approximate surface area is 166 Å². The minimum atomic E-state index is -0.354. The van der Waals surface area contributed by atoms with Crippen molar-refractivity contribution in [3.05, 3.63) is 84.4 Å². The molecule has 5 rings (SSSR count). The van der Waals surface area contributed by atoms with Gasteiger partial charge in [-0.05, 0) is 40.6 Å². The molecule has 5 aromatic rings. The van der Waals surface area contributed by atoms with E-state index < -0.39 is 0 Å². The molecule has 0 spiro atoms. The lowest BCUT2D eigenvalue weighted by molar-refractivity contribution is -0.140. The molecule has 0 aliphatic heterocycles. The van der Waals surface area contributed by atoms with Crippen molar-refractivity contribution in [2.75, 3.05) is 0 Å². The van der Waals surface area contributed by atoms with Gasteiger partial charge in [-0.25, -0.2) is 4.79 Å². The predicted octanol–water partition coefficient (Wildman–Crippen LogP) is 6.98. The number of benzene rings is 4. The van der Waals surface area contributed by atoms with E-state index in [-0.39, 0.29) is 12.6 Å². The molecule has 136 valence electrons. The zero-order valence-electron chi connectivity index (χ0n) is 15.5. The summed E-state index contributed by atoms with van der Waals surface area (Å²) in [5, 5.41) is 7.41. The molecule has 0 saturated carbocycles. The average molecular weight is 382 g/mol. The summed E-state index contributed by atoms with van der Waals surface area (Å²) in [6.07, 6.45) is 0. The maximum atomic E-state index is 11.9. The van der Waals surface area contributed by atoms with Crippen LogP contribution < -0.4 is 0 Å². The molecule has 3 heteroatoms. The summed E-state index contributed by atoms with van der Waals surface area (Å²) in [5.41, 5.74) is 1.45. The van der Waals surface area contributed by atoms with Crippen molar-refractivity contribution in [1.82, 2.24) is 0 Å². The summed E-state index contributed by atoms with van der Waals surface area (Å²) < 4.78 is 7.93. The second kappa shape index (κ2) is 6.47. The molecule has 0 saturated heterocycles. The van der Waals surface area contributed by atoms with Crippen LogP contribution in [0.15, 0.2) is 78.9 Å². The molecule has 2 nitrogen and oxygen atoms in total. The van der Waals surface area contributed by atoms with Crippen LogP contribution in [0.5, 0.6) is 0 Å². The highest BCUT2D eigenvalue weighted by atomic mass is 32.1. The number of hydrogen-bond donors (Lipinski definition) is 0. The molecule has 0 bridgehead atoms. The molecule has 0 atom stereocenters. The first kappa shape index (κ1) is 17.0. The Kier molecular flexibility index (Phi) is 3.92. The van der Waals surface area contributed by atoms with Gasteiger partial charge in [0.25, 0.3) is 0 Å². The van der Waals surface area contributed by atoms with E-state index in [0.717, 1.165) is 10.9 Å². The number of ether oxygens (including phenoxy) is 1. The number of esters is 1. The minimum absolute atomic E-state index is 0.248. The van der Waals surface area contributed by atoms with Crippen LogP contribution in [-0.2, 0) is 16.1 Å². The Bertz CT molecular complexity index is 1410. The SMILES string of the molecule is C=C(C)C(=O)OCc1cc2ccccc2c2c1sc1ccc3ccccc3c12. The number of carbonyl (C=O) groups excluding carboxylic acids is 1. The van der Waals surface area contributed by atoms with E-state index in [1.807, 2.05) is 6.07 Å². The highest BCUT2D eigenvalue weighted by Crippen LogP contribution is 2.43. The van der Waals surface area contributed by atoms with Gasteiger partial charge in [0, 0.05) is 31.3 Å². The summed E-state index contributed by atoms with van der Waals surface area (Å²) in [4.78, 5) is 11.9. The third kappa shape index (κ3) is 2.59. The Hall–Kier alpha value is -3.17. The van der Waals surface area contributed by atoms with Gasteiger partial charge in [-0.1, -0.05) is 61.2 Å². The molecule has 0 N–H and O–H groups in total. The van der Waals surface area contributed by atoms with Gasteiger partial charge in [0.1, 0.15) is 6.61 Å². The van der Waals surface area contributed by atoms with Crippen LogP contribution in [0.25, 0.3) is 41.7 Å². The van der Waals surface area contributed by atoms with E-state index in [4.69, 9.17) is 4.74 Å². The van der Waals surface area contributed by atoms with Gasteiger partial charge in [-0.15, -0.1) is 11.3 Å². The highest BCUT2D eigenvalue weighted by Gasteiger charge is 2.16. The summed E-state index contributed by atoms with van der Waals surface area (Å²) in [7, 11) is 0. The summed E-state index contributed by atoms with van der Waals surface area (Å²) in [6, 6.07) is 23.4. The van der Waals surface area contributed by atoms with E-state index >= 15 is 0 Å². The first-order valence-electron chi connectivity index (χ1n) is 9.21. The zero-order valence-corrected chi connectivity index (χ0v) is 16.3. The van der Waals surface area contributed by atoms with E-state index in [1.165, 1.54) is 36.3 Å². The normalized spacial score (nSPS) is 11.5. The Morgan fingerprint density at radius 3 is 2.36 bits per heavy atom. The Balaban J connectivity index is 1.87. The fourth-order valence-electron chi connectivity index (χ4n) is 3.83. The van der Waals surface area contributed by atoms with Gasteiger partial charge in [-0.3, -0.25) is 0 Å². The molecule has 0 unspecified atom stereocenters. The van der Waals surface area contributed by atoms with Crippen LogP contribution in [0.2, 0.25) is 0 Å². The van der Waals surface area contributed by atoms with Crippen molar-refractivity contribution >= 4 is 59.0 Å². The smallest absolute Gasteiger partial charge is 0.333 e. The lowest BCUT2D eigenvalue weighted by atomic mass is 9.98. The van der Waals surface area contributed by atoms with Crippen molar-refractivity contribution in [3.63, 3.8) is 0 Å². The standard InChI is InChI=1S/C25H18O2S/c1-15(2)25(26)27-14-18-13-17-8-4-6-10-20(17)23-22-19-9-5-3-7-16(19)11-12-21(22)28-24(18)23/h3-13H,1,14H2,2H3. The van der Waals surface area contributed by atoms with Crippen molar-refractivity contribution in [3.8, 4) is 0 Å². The van der Waals surface area contributed by atoms with E-state index in [2.05, 4.69) is 67.2 Å². The van der Waals surface area contributed by atoms with Gasteiger partial charge in [0.2, 0.25) is 0 Å². The molecule has 0 amide bonds. The molecular formula is C25H18O2S. The van der Waals surface area contributed by atoms with E-state index in [1.54, 1.807) is 18.3 Å². The third-order valence-corrected chi connectivity index (χ3v) is 6.37. The maximum Gasteiger partial charge on any atom is 0.333 e. The largest absolute Gasteiger partial charge is 0.457 e. The minimum Gasteiger partial charge on any atom is -0.457 e. The van der Waals surface area contributed by atoms with Crippen LogP contribution >= 0.6 is 11.3 Å². The number of rotatable bonds is 3. The second-order valence-corrected chi connectivity index (χ2v) is 8.13. The third-order valence-electron chi connectivity index (χ3n) is 5.14. The Morgan fingerprint density at radius 1 is 0.929 bits per heavy atom. The van der Waals surface area contributed by atoms with Gasteiger partial charge in [0.15, 0.2) is 0 Å². The first-order valence-corrected chi connectivity index (χ1v) is 10.0. The molecule has 0 aliphatic rings. The van der Waals surface area contributed by atoms with E-state index in [0.29, 0.717) is 5.57 Å². The van der Waals surface area contributed by atoms with Crippen molar-refractivity contribution in [1.29, 1.82) is 0 Å². The molecule has 0 fully saturated rings. The summed E-state index contributed by atoms with van der Waals surface area (Å²) >= 11 is 1.76. The zero-order chi connectivity index (χ0) is 19.3. The molecule has 1 heterocycles. The fourth-order valence-corrected chi connectivity index (χ4v) is 5.06. The first-order chi connectivity index (χ1) is 13.6. The predicted molar refractivity (Wildman–Crippen MR) is 119 cm³/mol. The monoisotopic (exact) mass is 382 g/mol. The molecule has 1 aromatic heterocycles. The fraction of sp³-hybridized carbons (Fsp3) is 0.0800. The summed E-state index contributed by atoms with van der Waals surface area (Å²) in [6.45, 7) is 5.59. The van der Waals surface area contributed by atoms with Crippen LogP contribution in [0.1, 0.15) is 12.5 Å². The van der Waals surface area contributed by atoms with Crippen molar-refractivity contribution in [2.45, 2.75) is 13.5 Å². The van der Waals surface area contributed by atoms with Crippen molar-refractivity contribution in [2.24, 2.45) is 0 Å². The molecule has 0 aliphatic carbocycles.